The quantitative estimate of drug-likeness (QED) is 0.422. The number of aryl methyl sites for hydroxylation is 2. The van der Waals surface area contributed by atoms with Crippen LogP contribution in [-0.4, -0.2) is 72.5 Å². The first-order chi connectivity index (χ1) is 18.7. The molecule has 0 spiro atoms. The van der Waals surface area contributed by atoms with Crippen LogP contribution in [0.2, 0.25) is 0 Å². The van der Waals surface area contributed by atoms with E-state index in [9.17, 15) is 13.2 Å². The zero-order valence-electron chi connectivity index (χ0n) is 22.5. The highest BCUT2D eigenvalue weighted by atomic mass is 32.2. The smallest absolute Gasteiger partial charge is 0.254 e. The normalized spacial score (nSPS) is 21.8. The van der Waals surface area contributed by atoms with E-state index in [4.69, 9.17) is 9.47 Å². The minimum Gasteiger partial charge on any atom is -0.486 e. The summed E-state index contributed by atoms with van der Waals surface area (Å²) in [6.45, 7) is 5.14. The maximum absolute atomic E-state index is 13.4. The molecule has 0 aliphatic carbocycles. The molecule has 1 aromatic heterocycles. The van der Waals surface area contributed by atoms with E-state index in [2.05, 4.69) is 9.97 Å². The first-order valence-corrected chi connectivity index (χ1v) is 14.8. The highest BCUT2D eigenvalue weighted by molar-refractivity contribution is 7.88. The Kier molecular flexibility index (Phi) is 7.97. The van der Waals surface area contributed by atoms with Crippen molar-refractivity contribution in [2.45, 2.75) is 50.7 Å². The molecule has 2 aliphatic heterocycles. The van der Waals surface area contributed by atoms with Crippen molar-refractivity contribution in [2.24, 2.45) is 0 Å². The van der Waals surface area contributed by atoms with Gasteiger partial charge in [0.25, 0.3) is 5.91 Å². The first kappa shape index (κ1) is 27.2. The number of methoxy groups -OCH3 is 1. The fourth-order valence-corrected chi connectivity index (χ4v) is 7.14. The Bertz CT molecular complexity index is 1430. The predicted octanol–water partition coefficient (Wildman–Crippen LogP) is 3.68. The third-order valence-corrected chi connectivity index (χ3v) is 9.26. The van der Waals surface area contributed by atoms with E-state index in [0.717, 1.165) is 17.5 Å². The fraction of sp³-hybridized carbons (Fsp3) is 0.414. The number of rotatable bonds is 8. The Hall–Kier alpha value is -3.34. The lowest BCUT2D eigenvalue weighted by Crippen LogP contribution is -2.33. The largest absolute Gasteiger partial charge is 0.486 e. The van der Waals surface area contributed by atoms with E-state index in [1.807, 2.05) is 32.0 Å². The van der Waals surface area contributed by atoms with Crippen LogP contribution in [0.5, 0.6) is 5.75 Å². The molecule has 0 bridgehead atoms. The van der Waals surface area contributed by atoms with Gasteiger partial charge in [-0.15, -0.1) is 0 Å². The zero-order valence-corrected chi connectivity index (χ0v) is 23.3. The number of carbonyl (C=O) groups is 1. The summed E-state index contributed by atoms with van der Waals surface area (Å²) in [5, 5.41) is 0. The van der Waals surface area contributed by atoms with Crippen LogP contribution in [0, 0.1) is 13.8 Å². The van der Waals surface area contributed by atoms with Gasteiger partial charge in [0.05, 0.1) is 24.9 Å². The third-order valence-electron chi connectivity index (χ3n) is 7.41. The molecule has 0 N–H and O–H groups in total. The van der Waals surface area contributed by atoms with Crippen molar-refractivity contribution in [3.05, 3.63) is 89.0 Å². The van der Waals surface area contributed by atoms with Crippen LogP contribution in [0.4, 0.5) is 0 Å². The first-order valence-electron chi connectivity index (χ1n) is 13.2. The van der Waals surface area contributed by atoms with E-state index < -0.39 is 10.0 Å². The lowest BCUT2D eigenvalue weighted by Gasteiger charge is -2.23. The summed E-state index contributed by atoms with van der Waals surface area (Å²) in [4.78, 5) is 23.6. The average Bonchev–Trinajstić information content (AvgIpc) is 3.58. The van der Waals surface area contributed by atoms with Crippen molar-refractivity contribution in [1.29, 1.82) is 0 Å². The van der Waals surface area contributed by atoms with Crippen molar-refractivity contribution in [3.8, 4) is 5.75 Å². The van der Waals surface area contributed by atoms with Crippen molar-refractivity contribution in [2.75, 3.05) is 26.7 Å². The van der Waals surface area contributed by atoms with Crippen molar-refractivity contribution < 1.29 is 22.7 Å². The fourth-order valence-electron chi connectivity index (χ4n) is 5.38. The van der Waals surface area contributed by atoms with Crippen LogP contribution in [-0.2, 0) is 20.5 Å². The molecular weight excluding hydrogens is 516 g/mol. The summed E-state index contributed by atoms with van der Waals surface area (Å²) >= 11 is 0. The molecule has 39 heavy (non-hydrogen) atoms. The molecule has 2 fully saturated rings. The third kappa shape index (κ3) is 5.98. The number of benzene rings is 2. The molecule has 2 saturated heterocycles. The monoisotopic (exact) mass is 550 g/mol. The van der Waals surface area contributed by atoms with Crippen molar-refractivity contribution >= 4 is 15.9 Å². The zero-order chi connectivity index (χ0) is 27.6. The van der Waals surface area contributed by atoms with Gasteiger partial charge in [-0.2, -0.15) is 4.31 Å². The Morgan fingerprint density at radius 3 is 2.56 bits per heavy atom. The summed E-state index contributed by atoms with van der Waals surface area (Å²) in [5.74, 6) is 0.873. The Labute approximate surface area is 229 Å². The number of aromatic nitrogens is 2. The van der Waals surface area contributed by atoms with Gasteiger partial charge < -0.3 is 14.4 Å². The highest BCUT2D eigenvalue weighted by Crippen LogP contribution is 2.34. The van der Waals surface area contributed by atoms with Crippen LogP contribution in [0.25, 0.3) is 0 Å². The molecule has 3 atom stereocenters. The average molecular weight is 551 g/mol. The van der Waals surface area contributed by atoms with E-state index in [-0.39, 0.29) is 29.9 Å². The number of hydrogen-bond donors (Lipinski definition) is 0. The number of carbonyl (C=O) groups excluding carboxylic acids is 1. The topological polar surface area (TPSA) is 102 Å². The minimum absolute atomic E-state index is 0.0493. The Balaban J connectivity index is 1.28. The SMILES string of the molecule is CO[C@@H]1CN(C(=O)c2cc(C)ccc2C)C[C@H]1Oc1cccc(CS(=O)(=O)N2CCCC2c2ncccn2)c1. The van der Waals surface area contributed by atoms with Crippen LogP contribution < -0.4 is 4.74 Å². The Morgan fingerprint density at radius 1 is 1.03 bits per heavy atom. The van der Waals surface area contributed by atoms with Crippen LogP contribution >= 0.6 is 0 Å². The number of amides is 1. The van der Waals surface area contributed by atoms with E-state index >= 15 is 0 Å². The second-order valence-corrected chi connectivity index (χ2v) is 12.2. The van der Waals surface area contributed by atoms with Crippen LogP contribution in [0.3, 0.4) is 0 Å². The van der Waals surface area contributed by atoms with Crippen LogP contribution in [0.15, 0.2) is 60.9 Å². The summed E-state index contributed by atoms with van der Waals surface area (Å²) in [6.07, 6.45) is 4.06. The van der Waals surface area contributed by atoms with Gasteiger partial charge in [0.2, 0.25) is 10.0 Å². The molecule has 3 heterocycles. The second kappa shape index (κ2) is 11.4. The predicted molar refractivity (Wildman–Crippen MR) is 147 cm³/mol. The number of sulfonamides is 1. The van der Waals surface area contributed by atoms with Gasteiger partial charge >= 0.3 is 0 Å². The van der Waals surface area contributed by atoms with Gasteiger partial charge in [-0.05, 0) is 62.1 Å². The highest BCUT2D eigenvalue weighted by Gasteiger charge is 2.39. The standard InChI is InChI=1S/C29H34N4O5S/c1-20-10-11-21(2)24(15-20)29(34)32-17-26(37-3)27(18-32)38-23-8-4-7-22(16-23)19-39(35,36)33-14-5-9-25(33)28-30-12-6-13-31-28/h4,6-8,10-13,15-16,25-27H,5,9,14,17-19H2,1-3H3/t25?,26-,27-/m1/s1. The van der Waals surface area contributed by atoms with E-state index in [1.165, 1.54) is 4.31 Å². The molecule has 2 aromatic carbocycles. The van der Waals surface area contributed by atoms with E-state index in [0.29, 0.717) is 48.8 Å². The van der Waals surface area contributed by atoms with Crippen molar-refractivity contribution in [1.82, 2.24) is 19.2 Å². The van der Waals surface area contributed by atoms with Gasteiger partial charge in [-0.25, -0.2) is 18.4 Å². The number of hydrogen-bond acceptors (Lipinski definition) is 7. The molecule has 0 radical (unpaired) electrons. The lowest BCUT2D eigenvalue weighted by atomic mass is 10.0. The maximum Gasteiger partial charge on any atom is 0.254 e. The summed E-state index contributed by atoms with van der Waals surface area (Å²) in [5.41, 5.74) is 3.26. The van der Waals surface area contributed by atoms with Gasteiger partial charge in [-0.3, -0.25) is 4.79 Å². The lowest BCUT2D eigenvalue weighted by molar-refractivity contribution is 0.0339. The molecule has 1 unspecified atom stereocenters. The van der Waals surface area contributed by atoms with Gasteiger partial charge in [0, 0.05) is 31.6 Å². The van der Waals surface area contributed by atoms with Gasteiger partial charge in [0.15, 0.2) is 0 Å². The number of likely N-dealkylation sites (tertiary alicyclic amines) is 1. The maximum atomic E-state index is 13.4. The molecule has 3 aromatic rings. The molecule has 0 saturated carbocycles. The van der Waals surface area contributed by atoms with E-state index in [1.54, 1.807) is 54.7 Å². The summed E-state index contributed by atoms with van der Waals surface area (Å²) in [6, 6.07) is 14.4. The summed E-state index contributed by atoms with van der Waals surface area (Å²) in [7, 11) is -2.00. The molecule has 9 nitrogen and oxygen atoms in total. The second-order valence-electron chi connectivity index (χ2n) is 10.2. The molecule has 1 amide bonds. The number of nitrogens with zero attached hydrogens (tertiary/aromatic N) is 4. The Morgan fingerprint density at radius 2 is 1.79 bits per heavy atom. The molecule has 10 heteroatoms. The van der Waals surface area contributed by atoms with Crippen LogP contribution in [0.1, 0.15) is 51.8 Å². The van der Waals surface area contributed by atoms with Crippen molar-refractivity contribution in [3.63, 3.8) is 0 Å². The molecular formula is C29H34N4O5S. The molecule has 206 valence electrons. The minimum atomic E-state index is -3.61. The molecule has 2 aliphatic rings. The summed E-state index contributed by atoms with van der Waals surface area (Å²) < 4.78 is 40.3. The van der Waals surface area contributed by atoms with Gasteiger partial charge in [-0.1, -0.05) is 29.8 Å². The molecule has 5 rings (SSSR count). The van der Waals surface area contributed by atoms with Gasteiger partial charge in [0.1, 0.15) is 23.8 Å². The number of ether oxygens (including phenoxy) is 2.